The van der Waals surface area contributed by atoms with Crippen molar-refractivity contribution in [2.75, 3.05) is 25.6 Å². The number of ether oxygens (including phenoxy) is 2. The molecule has 11 nitrogen and oxygen atoms in total. The molecule has 0 spiro atoms. The van der Waals surface area contributed by atoms with Crippen molar-refractivity contribution in [2.24, 2.45) is 16.3 Å². The van der Waals surface area contributed by atoms with E-state index >= 15 is 0 Å². The van der Waals surface area contributed by atoms with Crippen LogP contribution >= 0.6 is 0 Å². The molecule has 0 saturated heterocycles. The van der Waals surface area contributed by atoms with Crippen LogP contribution in [0.1, 0.15) is 32.0 Å². The molecule has 2 rings (SSSR count). The van der Waals surface area contributed by atoms with Gasteiger partial charge in [0.05, 0.1) is 11.6 Å². The summed E-state index contributed by atoms with van der Waals surface area (Å²) in [5.41, 5.74) is 8.53. The monoisotopic (exact) mass is 469 g/mol. The van der Waals surface area contributed by atoms with Gasteiger partial charge in [-0.1, -0.05) is 46.8 Å². The first-order valence-electron chi connectivity index (χ1n) is 10.9. The molecular formula is C23H31N7O4. The van der Waals surface area contributed by atoms with E-state index in [1.165, 1.54) is 7.05 Å². The topological polar surface area (TPSA) is 145 Å². The largest absolute Gasteiger partial charge is 0.389 e. The highest BCUT2D eigenvalue weighted by molar-refractivity contribution is 6.46. The van der Waals surface area contributed by atoms with Gasteiger partial charge in [0.1, 0.15) is 5.82 Å². The minimum Gasteiger partial charge on any atom is -0.389 e. The van der Waals surface area contributed by atoms with Crippen molar-refractivity contribution < 1.29 is 19.1 Å². The fourth-order valence-electron chi connectivity index (χ4n) is 2.85. The van der Waals surface area contributed by atoms with Gasteiger partial charge in [0.15, 0.2) is 24.4 Å². The standard InChI is InChI=1S/C23H31N7O4/c1-5-32-23(33-6-2)16(3)22(31)27-19-14-10-13-18(26-19)15-34-28-20(21(24)30(4)29-25)17-11-8-7-9-12-17/h7-14,16,23-25H,5-6,15H2,1-4H3,(H,26,27,31)/b24-21?,28-20-,29-25?. The molecule has 0 aliphatic heterocycles. The van der Waals surface area contributed by atoms with Gasteiger partial charge in [0.2, 0.25) is 5.91 Å². The summed E-state index contributed by atoms with van der Waals surface area (Å²) in [6.45, 7) is 6.28. The van der Waals surface area contributed by atoms with Gasteiger partial charge in [-0.25, -0.2) is 9.99 Å². The molecule has 2 aromatic rings. The van der Waals surface area contributed by atoms with Gasteiger partial charge < -0.3 is 19.6 Å². The molecule has 3 N–H and O–H groups in total. The predicted octanol–water partition coefficient (Wildman–Crippen LogP) is 3.83. The van der Waals surface area contributed by atoms with E-state index in [-0.39, 0.29) is 24.1 Å². The predicted molar refractivity (Wildman–Crippen MR) is 127 cm³/mol. The highest BCUT2D eigenvalue weighted by atomic mass is 16.7. The van der Waals surface area contributed by atoms with E-state index in [0.717, 1.165) is 5.01 Å². The van der Waals surface area contributed by atoms with E-state index in [1.807, 2.05) is 32.0 Å². The molecule has 0 fully saturated rings. The Hall–Kier alpha value is -3.70. The minimum absolute atomic E-state index is 0.00509. The van der Waals surface area contributed by atoms with Crippen molar-refractivity contribution in [1.29, 1.82) is 10.9 Å². The van der Waals surface area contributed by atoms with Crippen LogP contribution in [0.15, 0.2) is 58.9 Å². The van der Waals surface area contributed by atoms with E-state index in [2.05, 4.69) is 20.7 Å². The number of aromatic nitrogens is 1. The molecule has 1 heterocycles. The Morgan fingerprint density at radius 3 is 2.41 bits per heavy atom. The summed E-state index contributed by atoms with van der Waals surface area (Å²) in [4.78, 5) is 22.5. The van der Waals surface area contributed by atoms with Crippen molar-refractivity contribution in [2.45, 2.75) is 33.7 Å². The quantitative estimate of drug-likeness (QED) is 0.134. The third-order valence-electron chi connectivity index (χ3n) is 4.66. The number of nitrogens with one attached hydrogen (secondary N) is 3. The van der Waals surface area contributed by atoms with Gasteiger partial charge in [-0.3, -0.25) is 10.2 Å². The van der Waals surface area contributed by atoms with Crippen molar-refractivity contribution in [3.05, 3.63) is 59.8 Å². The maximum Gasteiger partial charge on any atom is 0.233 e. The normalized spacial score (nSPS) is 12.2. The zero-order chi connectivity index (χ0) is 24.9. The summed E-state index contributed by atoms with van der Waals surface area (Å²) in [6.07, 6.45) is -0.642. The Kier molecular flexibility index (Phi) is 10.7. The molecule has 1 atom stereocenters. The molecule has 11 heteroatoms. The second-order valence-corrected chi connectivity index (χ2v) is 7.12. The Labute approximate surface area is 199 Å². The van der Waals surface area contributed by atoms with Crippen LogP contribution in [0, 0.1) is 16.9 Å². The summed E-state index contributed by atoms with van der Waals surface area (Å²) in [5, 5.41) is 19.4. The van der Waals surface area contributed by atoms with Crippen LogP contribution in [0.25, 0.3) is 0 Å². The number of pyridine rings is 1. The highest BCUT2D eigenvalue weighted by Gasteiger charge is 2.25. The van der Waals surface area contributed by atoms with Crippen LogP contribution < -0.4 is 5.32 Å². The lowest BCUT2D eigenvalue weighted by Crippen LogP contribution is -2.35. The lowest BCUT2D eigenvalue weighted by atomic mass is 10.1. The van der Waals surface area contributed by atoms with E-state index in [0.29, 0.717) is 30.3 Å². The number of likely N-dealkylation sites (N-methyl/N-ethyl adjacent to an activating group) is 1. The fraction of sp³-hybridized carbons (Fsp3) is 0.391. The average Bonchev–Trinajstić information content (AvgIpc) is 2.86. The number of amides is 1. The number of anilines is 1. The van der Waals surface area contributed by atoms with Gasteiger partial charge in [-0.2, -0.15) is 5.53 Å². The second-order valence-electron chi connectivity index (χ2n) is 7.12. The van der Waals surface area contributed by atoms with Crippen LogP contribution in [0.4, 0.5) is 5.82 Å². The zero-order valence-corrected chi connectivity index (χ0v) is 19.8. The molecule has 0 aliphatic carbocycles. The number of benzene rings is 1. The van der Waals surface area contributed by atoms with Crippen molar-refractivity contribution in [3.63, 3.8) is 0 Å². The van der Waals surface area contributed by atoms with Crippen molar-refractivity contribution >= 4 is 23.3 Å². The van der Waals surface area contributed by atoms with Gasteiger partial charge >= 0.3 is 0 Å². The number of carbonyl (C=O) groups is 1. The zero-order valence-electron chi connectivity index (χ0n) is 19.8. The van der Waals surface area contributed by atoms with E-state index < -0.39 is 12.2 Å². The first-order chi connectivity index (χ1) is 16.4. The van der Waals surface area contributed by atoms with E-state index in [9.17, 15) is 4.79 Å². The Morgan fingerprint density at radius 2 is 1.79 bits per heavy atom. The van der Waals surface area contributed by atoms with Crippen LogP contribution in [0.3, 0.4) is 0 Å². The summed E-state index contributed by atoms with van der Waals surface area (Å²) >= 11 is 0. The fourth-order valence-corrected chi connectivity index (χ4v) is 2.85. The van der Waals surface area contributed by atoms with E-state index in [4.69, 9.17) is 25.3 Å². The van der Waals surface area contributed by atoms with Gasteiger partial charge in [-0.05, 0) is 32.9 Å². The second kappa shape index (κ2) is 13.8. The number of rotatable bonds is 13. The van der Waals surface area contributed by atoms with Crippen LogP contribution in [0.2, 0.25) is 0 Å². The lowest BCUT2D eigenvalue weighted by Gasteiger charge is -2.22. The molecule has 1 aromatic heterocycles. The molecule has 34 heavy (non-hydrogen) atoms. The summed E-state index contributed by atoms with van der Waals surface area (Å²) in [7, 11) is 1.48. The molecule has 0 aliphatic rings. The smallest absolute Gasteiger partial charge is 0.233 e. The molecule has 0 saturated carbocycles. The van der Waals surface area contributed by atoms with Crippen molar-refractivity contribution in [1.82, 2.24) is 9.99 Å². The Bertz CT molecular complexity index is 978. The number of nitrogens with zero attached hydrogens (tertiary/aromatic N) is 4. The minimum atomic E-state index is -0.642. The number of amidine groups is 1. The number of hydrogen-bond donors (Lipinski definition) is 3. The maximum atomic E-state index is 12.6. The highest BCUT2D eigenvalue weighted by Crippen LogP contribution is 2.14. The van der Waals surface area contributed by atoms with Crippen LogP contribution in [-0.4, -0.2) is 54.0 Å². The number of oxime groups is 1. The van der Waals surface area contributed by atoms with Crippen LogP contribution in [-0.2, 0) is 25.7 Å². The van der Waals surface area contributed by atoms with Crippen molar-refractivity contribution in [3.8, 4) is 0 Å². The van der Waals surface area contributed by atoms with Gasteiger partial charge in [0, 0.05) is 25.8 Å². The maximum absolute atomic E-state index is 12.6. The SMILES string of the molecule is CCOC(OCC)C(C)C(=O)Nc1cccc(CO/N=C(\C(=N)N(C)N=N)c2ccccc2)n1. The first-order valence-corrected chi connectivity index (χ1v) is 10.9. The molecule has 0 bridgehead atoms. The lowest BCUT2D eigenvalue weighted by molar-refractivity contribution is -0.170. The Morgan fingerprint density at radius 1 is 1.12 bits per heavy atom. The molecule has 1 amide bonds. The van der Waals surface area contributed by atoms with Gasteiger partial charge in [-0.15, -0.1) is 0 Å². The molecular weight excluding hydrogens is 438 g/mol. The van der Waals surface area contributed by atoms with Gasteiger partial charge in [0.25, 0.3) is 0 Å². The molecule has 1 aromatic carbocycles. The third kappa shape index (κ3) is 7.71. The summed E-state index contributed by atoms with van der Waals surface area (Å²) in [6, 6.07) is 14.2. The van der Waals surface area contributed by atoms with Crippen LogP contribution in [0.5, 0.6) is 0 Å². The third-order valence-corrected chi connectivity index (χ3v) is 4.66. The average molecular weight is 470 g/mol. The molecule has 0 radical (unpaired) electrons. The molecule has 182 valence electrons. The first kappa shape index (κ1) is 26.6. The summed E-state index contributed by atoms with van der Waals surface area (Å²) < 4.78 is 11.0. The summed E-state index contributed by atoms with van der Waals surface area (Å²) in [5.74, 6) is -0.553. The number of carbonyl (C=O) groups excluding carboxylic acids is 1. The molecule has 1 unspecified atom stereocenters. The number of hydrogen-bond acceptors (Lipinski definition) is 9. The van der Waals surface area contributed by atoms with E-state index in [1.54, 1.807) is 37.3 Å². The Balaban J connectivity index is 2.09.